The summed E-state index contributed by atoms with van der Waals surface area (Å²) in [5, 5.41) is 0. The summed E-state index contributed by atoms with van der Waals surface area (Å²) >= 11 is 0. The second-order valence-corrected chi connectivity index (χ2v) is 4.42. The van der Waals surface area contributed by atoms with Gasteiger partial charge < -0.3 is 9.64 Å². The lowest BCUT2D eigenvalue weighted by Gasteiger charge is -2.19. The van der Waals surface area contributed by atoms with E-state index in [0.29, 0.717) is 13.0 Å². The Morgan fingerprint density at radius 3 is 2.44 bits per heavy atom. The molecule has 3 nitrogen and oxygen atoms in total. The Morgan fingerprint density at radius 2 is 1.89 bits per heavy atom. The molecule has 0 heterocycles. The molecule has 18 heavy (non-hydrogen) atoms. The van der Waals surface area contributed by atoms with Crippen LogP contribution in [0.25, 0.3) is 0 Å². The van der Waals surface area contributed by atoms with Crippen molar-refractivity contribution in [2.45, 2.75) is 33.1 Å². The summed E-state index contributed by atoms with van der Waals surface area (Å²) < 4.78 is 4.93. The molecule has 0 spiro atoms. The third-order valence-electron chi connectivity index (χ3n) is 2.88. The fourth-order valence-corrected chi connectivity index (χ4v) is 1.77. The fraction of sp³-hybridized carbons (Fsp3) is 0.533. The Morgan fingerprint density at radius 1 is 1.22 bits per heavy atom. The maximum atomic E-state index is 11.3. The quantitative estimate of drug-likeness (QED) is 0.696. The third kappa shape index (κ3) is 4.78. The number of benzene rings is 1. The molecule has 0 bridgehead atoms. The number of hydrogen-bond donors (Lipinski definition) is 0. The van der Waals surface area contributed by atoms with Gasteiger partial charge in [-0.15, -0.1) is 0 Å². The summed E-state index contributed by atoms with van der Waals surface area (Å²) in [7, 11) is 2.09. The molecule has 0 saturated carbocycles. The largest absolute Gasteiger partial charge is 0.466 e. The number of unbranched alkanes of at least 4 members (excludes halogenated alkanes) is 1. The number of anilines is 1. The van der Waals surface area contributed by atoms with E-state index in [-0.39, 0.29) is 5.97 Å². The number of esters is 1. The standard InChI is InChI=1S/C15H23NO2/c1-4-6-11-16(3)14-9-7-13(8-10-14)12-15(17)18-5-2/h7-10H,4-6,11-12H2,1-3H3. The summed E-state index contributed by atoms with van der Waals surface area (Å²) in [4.78, 5) is 13.6. The maximum Gasteiger partial charge on any atom is 0.310 e. The summed E-state index contributed by atoms with van der Waals surface area (Å²) in [6.07, 6.45) is 2.75. The van der Waals surface area contributed by atoms with Gasteiger partial charge in [0.1, 0.15) is 0 Å². The van der Waals surface area contributed by atoms with Gasteiger partial charge in [0.15, 0.2) is 0 Å². The van der Waals surface area contributed by atoms with E-state index in [1.54, 1.807) is 0 Å². The van der Waals surface area contributed by atoms with Crippen LogP contribution in [0.5, 0.6) is 0 Å². The highest BCUT2D eigenvalue weighted by Gasteiger charge is 2.05. The van der Waals surface area contributed by atoms with Gasteiger partial charge in [-0.25, -0.2) is 0 Å². The minimum absolute atomic E-state index is 0.162. The molecule has 1 aromatic rings. The van der Waals surface area contributed by atoms with Crippen LogP contribution >= 0.6 is 0 Å². The summed E-state index contributed by atoms with van der Waals surface area (Å²) in [6.45, 7) is 5.52. The van der Waals surface area contributed by atoms with Crippen molar-refractivity contribution in [3.05, 3.63) is 29.8 Å². The first-order chi connectivity index (χ1) is 8.67. The first-order valence-corrected chi connectivity index (χ1v) is 6.63. The first-order valence-electron chi connectivity index (χ1n) is 6.63. The predicted molar refractivity (Wildman–Crippen MR) is 75.0 cm³/mol. The van der Waals surface area contributed by atoms with E-state index in [1.165, 1.54) is 18.5 Å². The van der Waals surface area contributed by atoms with Gasteiger partial charge in [-0.1, -0.05) is 25.5 Å². The molecular weight excluding hydrogens is 226 g/mol. The van der Waals surface area contributed by atoms with Crippen molar-refractivity contribution in [3.8, 4) is 0 Å². The Kier molecular flexibility index (Phi) is 6.26. The van der Waals surface area contributed by atoms with Gasteiger partial charge in [0.05, 0.1) is 13.0 Å². The molecule has 0 N–H and O–H groups in total. The number of rotatable bonds is 7. The SMILES string of the molecule is CCCCN(C)c1ccc(CC(=O)OCC)cc1. The van der Waals surface area contributed by atoms with Gasteiger partial charge in [0.25, 0.3) is 0 Å². The summed E-state index contributed by atoms with van der Waals surface area (Å²) in [5.74, 6) is -0.162. The van der Waals surface area contributed by atoms with Crippen LogP contribution in [0.2, 0.25) is 0 Å². The fourth-order valence-electron chi connectivity index (χ4n) is 1.77. The minimum atomic E-state index is -0.162. The second kappa shape index (κ2) is 7.75. The molecule has 0 aromatic heterocycles. The van der Waals surface area contributed by atoms with Crippen molar-refractivity contribution in [2.24, 2.45) is 0 Å². The van der Waals surface area contributed by atoms with Crippen LogP contribution in [0.4, 0.5) is 5.69 Å². The van der Waals surface area contributed by atoms with Gasteiger partial charge in [-0.05, 0) is 31.0 Å². The second-order valence-electron chi connectivity index (χ2n) is 4.42. The highest BCUT2D eigenvalue weighted by molar-refractivity contribution is 5.72. The molecule has 0 aliphatic carbocycles. The maximum absolute atomic E-state index is 11.3. The molecule has 1 rings (SSSR count). The molecule has 100 valence electrons. The Labute approximate surface area is 110 Å². The van der Waals surface area contributed by atoms with Crippen LogP contribution < -0.4 is 4.90 Å². The van der Waals surface area contributed by atoms with E-state index >= 15 is 0 Å². The molecule has 0 saturated heterocycles. The smallest absolute Gasteiger partial charge is 0.310 e. The van der Waals surface area contributed by atoms with E-state index < -0.39 is 0 Å². The summed E-state index contributed by atoms with van der Waals surface area (Å²) in [5.41, 5.74) is 2.19. The van der Waals surface area contributed by atoms with Crippen molar-refractivity contribution < 1.29 is 9.53 Å². The molecule has 3 heteroatoms. The number of carbonyl (C=O) groups excluding carboxylic acids is 1. The topological polar surface area (TPSA) is 29.5 Å². The van der Waals surface area contributed by atoms with E-state index in [1.807, 2.05) is 19.1 Å². The molecule has 0 aliphatic heterocycles. The first kappa shape index (κ1) is 14.6. The zero-order chi connectivity index (χ0) is 13.4. The van der Waals surface area contributed by atoms with E-state index in [4.69, 9.17) is 4.74 Å². The van der Waals surface area contributed by atoms with Crippen LogP contribution in [0, 0.1) is 0 Å². The highest BCUT2D eigenvalue weighted by atomic mass is 16.5. The molecule has 0 radical (unpaired) electrons. The molecule has 0 unspecified atom stereocenters. The monoisotopic (exact) mass is 249 g/mol. The van der Waals surface area contributed by atoms with Crippen LogP contribution in [-0.2, 0) is 16.0 Å². The van der Waals surface area contributed by atoms with Crippen LogP contribution in [-0.4, -0.2) is 26.2 Å². The third-order valence-corrected chi connectivity index (χ3v) is 2.88. The summed E-state index contributed by atoms with van der Waals surface area (Å²) in [6, 6.07) is 8.11. The van der Waals surface area contributed by atoms with E-state index in [2.05, 4.69) is 31.0 Å². The van der Waals surface area contributed by atoms with Crippen LogP contribution in [0.15, 0.2) is 24.3 Å². The van der Waals surface area contributed by atoms with Crippen LogP contribution in [0.3, 0.4) is 0 Å². The molecular formula is C15H23NO2. The van der Waals surface area contributed by atoms with Gasteiger partial charge >= 0.3 is 5.97 Å². The number of hydrogen-bond acceptors (Lipinski definition) is 3. The van der Waals surface area contributed by atoms with Crippen molar-refractivity contribution >= 4 is 11.7 Å². The molecule has 1 aromatic carbocycles. The van der Waals surface area contributed by atoms with Crippen molar-refractivity contribution in [3.63, 3.8) is 0 Å². The minimum Gasteiger partial charge on any atom is -0.466 e. The van der Waals surface area contributed by atoms with E-state index in [0.717, 1.165) is 12.1 Å². The predicted octanol–water partition coefficient (Wildman–Crippen LogP) is 3.03. The Hall–Kier alpha value is -1.51. The zero-order valence-electron chi connectivity index (χ0n) is 11.6. The van der Waals surface area contributed by atoms with Gasteiger partial charge in [-0.2, -0.15) is 0 Å². The Bertz CT molecular complexity index is 359. The van der Waals surface area contributed by atoms with Crippen LogP contribution in [0.1, 0.15) is 32.3 Å². The highest BCUT2D eigenvalue weighted by Crippen LogP contribution is 2.15. The van der Waals surface area contributed by atoms with E-state index in [9.17, 15) is 4.79 Å². The average molecular weight is 249 g/mol. The molecule has 0 aliphatic rings. The van der Waals surface area contributed by atoms with Gasteiger partial charge in [-0.3, -0.25) is 4.79 Å². The molecule has 0 amide bonds. The van der Waals surface area contributed by atoms with Gasteiger partial charge in [0.2, 0.25) is 0 Å². The zero-order valence-corrected chi connectivity index (χ0v) is 11.6. The number of ether oxygens (including phenoxy) is 1. The number of nitrogens with zero attached hydrogens (tertiary/aromatic N) is 1. The van der Waals surface area contributed by atoms with Crippen molar-refractivity contribution in [2.75, 3.05) is 25.1 Å². The van der Waals surface area contributed by atoms with Crippen molar-refractivity contribution in [1.82, 2.24) is 0 Å². The Balaban J connectivity index is 2.54. The lowest BCUT2D eigenvalue weighted by Crippen LogP contribution is -2.18. The lowest BCUT2D eigenvalue weighted by molar-refractivity contribution is -0.142. The lowest BCUT2D eigenvalue weighted by atomic mass is 10.1. The van der Waals surface area contributed by atoms with Crippen molar-refractivity contribution in [1.29, 1.82) is 0 Å². The normalized spacial score (nSPS) is 10.2. The average Bonchev–Trinajstić information content (AvgIpc) is 2.37. The number of carbonyl (C=O) groups is 1. The van der Waals surface area contributed by atoms with Gasteiger partial charge in [0, 0.05) is 19.3 Å². The molecule has 0 atom stereocenters. The molecule has 0 fully saturated rings.